The number of rotatable bonds is 3. The van der Waals surface area contributed by atoms with Crippen LogP contribution in [-0.4, -0.2) is 18.0 Å². The van der Waals surface area contributed by atoms with Crippen molar-refractivity contribution in [3.8, 4) is 0 Å². The molecule has 1 aromatic carbocycles. The van der Waals surface area contributed by atoms with Gasteiger partial charge in [-0.15, -0.1) is 0 Å². The van der Waals surface area contributed by atoms with Crippen LogP contribution in [0, 0.1) is 20.8 Å². The Morgan fingerprint density at radius 3 is 2.05 bits per heavy atom. The maximum Gasteiger partial charge on any atom is 0.223 e. The molecule has 1 aromatic heterocycles. The maximum absolute atomic E-state index is 13.0. The third-order valence-corrected chi connectivity index (χ3v) is 5.45. The van der Waals surface area contributed by atoms with Crippen LogP contribution in [0.4, 0.5) is 0 Å². The molecular formula is C16H22N2O2S. The van der Waals surface area contributed by atoms with E-state index in [2.05, 4.69) is 4.98 Å². The maximum atomic E-state index is 13.0. The van der Waals surface area contributed by atoms with E-state index in [-0.39, 0.29) is 5.92 Å². The molecule has 114 valence electrons. The molecule has 4 nitrogen and oxygen atoms in total. The Morgan fingerprint density at radius 2 is 1.57 bits per heavy atom. The summed E-state index contributed by atoms with van der Waals surface area (Å²) < 4.78 is 27.7. The lowest BCUT2D eigenvalue weighted by molar-refractivity contribution is 0.580. The van der Waals surface area contributed by atoms with E-state index in [4.69, 9.17) is 0 Å². The van der Waals surface area contributed by atoms with Crippen molar-refractivity contribution in [1.82, 2.24) is 9.55 Å². The lowest BCUT2D eigenvalue weighted by atomic mass is 10.1. The van der Waals surface area contributed by atoms with Crippen LogP contribution in [0.1, 0.15) is 42.4 Å². The van der Waals surface area contributed by atoms with Crippen LogP contribution in [0.2, 0.25) is 0 Å². The number of aromatic nitrogens is 2. The molecular weight excluding hydrogens is 284 g/mol. The fraction of sp³-hybridized carbons (Fsp3) is 0.438. The molecule has 5 heteroatoms. The summed E-state index contributed by atoms with van der Waals surface area (Å²) in [4.78, 5) is 4.77. The van der Waals surface area contributed by atoms with Crippen LogP contribution < -0.4 is 0 Å². The molecule has 0 bridgehead atoms. The average Bonchev–Trinajstić information content (AvgIpc) is 2.65. The number of hydrogen-bond acceptors (Lipinski definition) is 3. The molecule has 1 heterocycles. The summed E-state index contributed by atoms with van der Waals surface area (Å²) in [7, 11) is -1.82. The summed E-state index contributed by atoms with van der Waals surface area (Å²) in [6.45, 7) is 9.56. The lowest BCUT2D eigenvalue weighted by Crippen LogP contribution is -2.11. The van der Waals surface area contributed by atoms with E-state index >= 15 is 0 Å². The van der Waals surface area contributed by atoms with E-state index in [1.165, 1.54) is 0 Å². The number of aryl methyl sites for hydroxylation is 3. The van der Waals surface area contributed by atoms with Gasteiger partial charge in [0.15, 0.2) is 5.03 Å². The molecule has 21 heavy (non-hydrogen) atoms. The molecule has 0 saturated heterocycles. The highest BCUT2D eigenvalue weighted by Crippen LogP contribution is 2.29. The molecule has 0 N–H and O–H groups in total. The Labute approximate surface area is 126 Å². The number of hydrogen-bond donors (Lipinski definition) is 0. The van der Waals surface area contributed by atoms with Gasteiger partial charge in [-0.1, -0.05) is 19.9 Å². The second kappa shape index (κ2) is 5.30. The first-order valence-electron chi connectivity index (χ1n) is 7.01. The fourth-order valence-corrected chi connectivity index (χ4v) is 4.46. The minimum absolute atomic E-state index is 0.0561. The lowest BCUT2D eigenvalue weighted by Gasteiger charge is -2.11. The van der Waals surface area contributed by atoms with E-state index in [9.17, 15) is 8.42 Å². The van der Waals surface area contributed by atoms with Crippen LogP contribution in [0.3, 0.4) is 0 Å². The fourth-order valence-electron chi connectivity index (χ4n) is 2.51. The summed E-state index contributed by atoms with van der Waals surface area (Å²) in [5.41, 5.74) is 2.52. The number of imidazole rings is 1. The SMILES string of the molecule is Cc1cc(C)cc(S(=O)(=O)c2c(C(C)C)nc(C)n2C)c1. The summed E-state index contributed by atoms with van der Waals surface area (Å²) >= 11 is 0. The van der Waals surface area contributed by atoms with Crippen molar-refractivity contribution in [3.05, 3.63) is 40.8 Å². The van der Waals surface area contributed by atoms with Gasteiger partial charge in [0.1, 0.15) is 5.82 Å². The van der Waals surface area contributed by atoms with Gasteiger partial charge in [-0.3, -0.25) is 0 Å². The standard InChI is InChI=1S/C16H22N2O2S/c1-10(2)15-16(18(6)13(5)17-15)21(19,20)14-8-11(3)7-12(4)9-14/h7-10H,1-6H3. The highest BCUT2D eigenvalue weighted by atomic mass is 32.2. The molecule has 0 unspecified atom stereocenters. The summed E-state index contributed by atoms with van der Waals surface area (Å²) in [6, 6.07) is 5.40. The smallest absolute Gasteiger partial charge is 0.223 e. The molecule has 0 atom stereocenters. The van der Waals surface area contributed by atoms with E-state index in [1.54, 1.807) is 23.7 Å². The van der Waals surface area contributed by atoms with Gasteiger partial charge in [-0.05, 0) is 49.9 Å². The first-order valence-corrected chi connectivity index (χ1v) is 8.49. The Morgan fingerprint density at radius 1 is 1.05 bits per heavy atom. The Balaban J connectivity index is 2.75. The van der Waals surface area contributed by atoms with Crippen LogP contribution in [0.25, 0.3) is 0 Å². The molecule has 0 aliphatic carbocycles. The summed E-state index contributed by atoms with van der Waals surface area (Å²) in [5, 5.41) is 0.306. The van der Waals surface area contributed by atoms with Crippen molar-refractivity contribution >= 4 is 9.84 Å². The van der Waals surface area contributed by atoms with Gasteiger partial charge >= 0.3 is 0 Å². The average molecular weight is 306 g/mol. The highest BCUT2D eigenvalue weighted by Gasteiger charge is 2.28. The normalized spacial score (nSPS) is 12.1. The molecule has 0 spiro atoms. The zero-order valence-electron chi connectivity index (χ0n) is 13.4. The van der Waals surface area contributed by atoms with Gasteiger partial charge in [0.2, 0.25) is 9.84 Å². The van der Waals surface area contributed by atoms with Crippen molar-refractivity contribution in [1.29, 1.82) is 0 Å². The number of sulfone groups is 1. The second-order valence-corrected chi connectivity index (χ2v) is 7.75. The van der Waals surface area contributed by atoms with Crippen molar-refractivity contribution in [2.75, 3.05) is 0 Å². The molecule has 2 rings (SSSR count). The molecule has 0 aliphatic rings. The minimum Gasteiger partial charge on any atom is -0.322 e. The van der Waals surface area contributed by atoms with Gasteiger partial charge in [0, 0.05) is 7.05 Å². The first kappa shape index (κ1) is 15.8. The van der Waals surface area contributed by atoms with Gasteiger partial charge in [-0.2, -0.15) is 0 Å². The zero-order valence-corrected chi connectivity index (χ0v) is 14.2. The van der Waals surface area contributed by atoms with Gasteiger partial charge in [0.25, 0.3) is 0 Å². The van der Waals surface area contributed by atoms with Crippen molar-refractivity contribution in [2.24, 2.45) is 7.05 Å². The van der Waals surface area contributed by atoms with Crippen molar-refractivity contribution in [2.45, 2.75) is 50.5 Å². The quantitative estimate of drug-likeness (QED) is 0.874. The molecule has 2 aromatic rings. The van der Waals surface area contributed by atoms with Gasteiger partial charge in [0.05, 0.1) is 10.6 Å². The first-order chi connectivity index (χ1) is 9.64. The predicted octanol–water partition coefficient (Wildman–Crippen LogP) is 3.30. The molecule has 0 aliphatic heterocycles. The second-order valence-electron chi connectivity index (χ2n) is 5.89. The Kier molecular flexibility index (Phi) is 3.97. The van der Waals surface area contributed by atoms with Crippen LogP contribution >= 0.6 is 0 Å². The Hall–Kier alpha value is -1.62. The monoisotopic (exact) mass is 306 g/mol. The minimum atomic E-state index is -3.57. The molecule has 0 radical (unpaired) electrons. The van der Waals surface area contributed by atoms with E-state index in [1.807, 2.05) is 40.7 Å². The zero-order chi connectivity index (χ0) is 15.9. The van der Waals surface area contributed by atoms with E-state index in [0.29, 0.717) is 21.4 Å². The third-order valence-electron chi connectivity index (χ3n) is 3.60. The Bertz CT molecular complexity index is 767. The highest BCUT2D eigenvalue weighted by molar-refractivity contribution is 7.91. The molecule has 0 saturated carbocycles. The summed E-state index contributed by atoms with van der Waals surface area (Å²) in [5.74, 6) is 0.766. The van der Waals surface area contributed by atoms with Crippen LogP contribution in [-0.2, 0) is 16.9 Å². The largest absolute Gasteiger partial charge is 0.322 e. The topological polar surface area (TPSA) is 52.0 Å². The van der Waals surface area contributed by atoms with Crippen LogP contribution in [0.15, 0.2) is 28.1 Å². The predicted molar refractivity (Wildman–Crippen MR) is 83.4 cm³/mol. The number of benzene rings is 1. The molecule has 0 amide bonds. The molecule has 0 fully saturated rings. The van der Waals surface area contributed by atoms with E-state index < -0.39 is 9.84 Å². The van der Waals surface area contributed by atoms with Crippen molar-refractivity contribution < 1.29 is 8.42 Å². The van der Waals surface area contributed by atoms with Gasteiger partial charge in [-0.25, -0.2) is 13.4 Å². The number of nitrogens with zero attached hydrogens (tertiary/aromatic N) is 2. The third kappa shape index (κ3) is 2.75. The van der Waals surface area contributed by atoms with Crippen LogP contribution in [0.5, 0.6) is 0 Å². The summed E-state index contributed by atoms with van der Waals surface area (Å²) in [6.07, 6.45) is 0. The van der Waals surface area contributed by atoms with E-state index in [0.717, 1.165) is 11.1 Å². The van der Waals surface area contributed by atoms with Gasteiger partial charge < -0.3 is 4.57 Å². The van der Waals surface area contributed by atoms with Crippen molar-refractivity contribution in [3.63, 3.8) is 0 Å².